The zero-order chi connectivity index (χ0) is 13.7. The van der Waals surface area contributed by atoms with Crippen molar-refractivity contribution in [2.75, 3.05) is 45.9 Å². The average molecular weight is 269 g/mol. The highest BCUT2D eigenvalue weighted by Gasteiger charge is 2.28. The smallest absolute Gasteiger partial charge is 0.320 e. The highest BCUT2D eigenvalue weighted by Crippen LogP contribution is 2.07. The van der Waals surface area contributed by atoms with Crippen LogP contribution in [0, 0.1) is 0 Å². The van der Waals surface area contributed by atoms with Gasteiger partial charge >= 0.3 is 5.97 Å². The first-order chi connectivity index (χ1) is 9.19. The normalized spacial score (nSPS) is 24.5. The molecule has 2 rings (SSSR count). The SMILES string of the molecule is CCOC(=O)CN1CCN(C[C@H]2OC=NC2=O)CC1. The molecule has 2 aliphatic rings. The van der Waals surface area contributed by atoms with Crippen molar-refractivity contribution < 1.29 is 19.1 Å². The number of piperazine rings is 1. The Kier molecular flexibility index (Phi) is 4.86. The second-order valence-corrected chi connectivity index (χ2v) is 4.58. The second-order valence-electron chi connectivity index (χ2n) is 4.58. The van der Waals surface area contributed by atoms with E-state index in [0.717, 1.165) is 26.2 Å². The molecule has 0 bridgehead atoms. The number of amides is 1. The van der Waals surface area contributed by atoms with E-state index in [0.29, 0.717) is 19.7 Å². The Labute approximate surface area is 112 Å². The molecule has 0 spiro atoms. The minimum Gasteiger partial charge on any atom is -0.469 e. The summed E-state index contributed by atoms with van der Waals surface area (Å²) in [5, 5.41) is 0. The highest BCUT2D eigenvalue weighted by atomic mass is 16.5. The van der Waals surface area contributed by atoms with Crippen LogP contribution in [0.1, 0.15) is 6.92 Å². The molecule has 1 amide bonds. The highest BCUT2D eigenvalue weighted by molar-refractivity contribution is 5.91. The molecule has 0 saturated carbocycles. The van der Waals surface area contributed by atoms with Crippen molar-refractivity contribution in [2.24, 2.45) is 4.99 Å². The number of rotatable bonds is 5. The molecule has 0 aromatic rings. The van der Waals surface area contributed by atoms with E-state index < -0.39 is 6.10 Å². The Bertz CT molecular complexity index is 364. The van der Waals surface area contributed by atoms with Crippen LogP contribution in [-0.2, 0) is 19.1 Å². The van der Waals surface area contributed by atoms with Crippen LogP contribution in [0.2, 0.25) is 0 Å². The molecule has 1 saturated heterocycles. The molecule has 2 aliphatic heterocycles. The molecule has 106 valence electrons. The minimum atomic E-state index is -0.461. The number of ether oxygens (including phenoxy) is 2. The molecule has 0 aromatic carbocycles. The summed E-state index contributed by atoms with van der Waals surface area (Å²) >= 11 is 0. The van der Waals surface area contributed by atoms with Crippen molar-refractivity contribution in [1.29, 1.82) is 0 Å². The molecule has 0 radical (unpaired) electrons. The number of carbonyl (C=O) groups is 2. The van der Waals surface area contributed by atoms with Gasteiger partial charge in [0.25, 0.3) is 5.91 Å². The monoisotopic (exact) mass is 269 g/mol. The van der Waals surface area contributed by atoms with Crippen molar-refractivity contribution in [3.8, 4) is 0 Å². The van der Waals surface area contributed by atoms with Gasteiger partial charge in [-0.1, -0.05) is 0 Å². The van der Waals surface area contributed by atoms with Gasteiger partial charge in [0.2, 0.25) is 0 Å². The first kappa shape index (κ1) is 14.0. The molecule has 19 heavy (non-hydrogen) atoms. The number of nitrogens with zero attached hydrogens (tertiary/aromatic N) is 3. The lowest BCUT2D eigenvalue weighted by Crippen LogP contribution is -2.50. The van der Waals surface area contributed by atoms with Crippen molar-refractivity contribution in [1.82, 2.24) is 9.80 Å². The number of esters is 1. The molecule has 1 fully saturated rings. The van der Waals surface area contributed by atoms with Crippen LogP contribution >= 0.6 is 0 Å². The van der Waals surface area contributed by atoms with Gasteiger partial charge in [-0.2, -0.15) is 4.99 Å². The summed E-state index contributed by atoms with van der Waals surface area (Å²) in [7, 11) is 0. The maximum Gasteiger partial charge on any atom is 0.320 e. The third-order valence-corrected chi connectivity index (χ3v) is 3.23. The number of hydrogen-bond acceptors (Lipinski definition) is 6. The predicted octanol–water partition coefficient (Wildman–Crippen LogP) is -0.879. The Hall–Kier alpha value is -1.47. The number of hydrogen-bond donors (Lipinski definition) is 0. The molecule has 0 aliphatic carbocycles. The van der Waals surface area contributed by atoms with E-state index in [1.54, 1.807) is 6.92 Å². The van der Waals surface area contributed by atoms with E-state index >= 15 is 0 Å². The lowest BCUT2D eigenvalue weighted by atomic mass is 10.2. The average Bonchev–Trinajstić information content (AvgIpc) is 2.78. The van der Waals surface area contributed by atoms with Crippen LogP contribution in [0.3, 0.4) is 0 Å². The summed E-state index contributed by atoms with van der Waals surface area (Å²) in [5.74, 6) is -0.396. The molecule has 0 N–H and O–H groups in total. The van der Waals surface area contributed by atoms with Crippen LogP contribution in [0.25, 0.3) is 0 Å². The summed E-state index contributed by atoms with van der Waals surface area (Å²) in [6.07, 6.45) is 0.751. The van der Waals surface area contributed by atoms with Crippen molar-refractivity contribution >= 4 is 18.3 Å². The topological polar surface area (TPSA) is 71.4 Å². The third kappa shape index (κ3) is 4.00. The van der Waals surface area contributed by atoms with Gasteiger partial charge in [-0.25, -0.2) is 0 Å². The largest absolute Gasteiger partial charge is 0.469 e. The molecule has 1 atom stereocenters. The third-order valence-electron chi connectivity index (χ3n) is 3.23. The van der Waals surface area contributed by atoms with E-state index in [9.17, 15) is 9.59 Å². The van der Waals surface area contributed by atoms with Gasteiger partial charge in [-0.05, 0) is 6.92 Å². The summed E-state index contributed by atoms with van der Waals surface area (Å²) in [4.78, 5) is 30.4. The van der Waals surface area contributed by atoms with Gasteiger partial charge < -0.3 is 9.47 Å². The molecule has 2 heterocycles. The number of carbonyl (C=O) groups excluding carboxylic acids is 2. The van der Waals surface area contributed by atoms with Crippen LogP contribution in [0.15, 0.2) is 4.99 Å². The molecule has 7 nitrogen and oxygen atoms in total. The van der Waals surface area contributed by atoms with Crippen molar-refractivity contribution in [2.45, 2.75) is 13.0 Å². The van der Waals surface area contributed by atoms with Gasteiger partial charge in [-0.15, -0.1) is 0 Å². The van der Waals surface area contributed by atoms with Gasteiger partial charge in [-0.3, -0.25) is 19.4 Å². The standard InChI is InChI=1S/C12H19N3O4/c1-2-18-11(16)8-15-5-3-14(4-6-15)7-10-12(17)13-9-19-10/h9-10H,2-8H2,1H3/t10-/m1/s1. The predicted molar refractivity (Wildman–Crippen MR) is 67.9 cm³/mol. The summed E-state index contributed by atoms with van der Waals surface area (Å²) in [6, 6.07) is 0. The Morgan fingerprint density at radius 1 is 1.42 bits per heavy atom. The second kappa shape index (κ2) is 6.63. The fourth-order valence-corrected chi connectivity index (χ4v) is 2.17. The molecular weight excluding hydrogens is 250 g/mol. The fourth-order valence-electron chi connectivity index (χ4n) is 2.17. The maximum atomic E-state index is 11.4. The van der Waals surface area contributed by atoms with Gasteiger partial charge in [0, 0.05) is 32.7 Å². The van der Waals surface area contributed by atoms with E-state index in [2.05, 4.69) is 14.8 Å². The lowest BCUT2D eigenvalue weighted by molar-refractivity contribution is -0.144. The van der Waals surface area contributed by atoms with Gasteiger partial charge in [0.15, 0.2) is 12.5 Å². The zero-order valence-electron chi connectivity index (χ0n) is 11.1. The van der Waals surface area contributed by atoms with E-state index in [1.165, 1.54) is 6.40 Å². The van der Waals surface area contributed by atoms with E-state index in [-0.39, 0.29) is 11.9 Å². The van der Waals surface area contributed by atoms with Crippen LogP contribution < -0.4 is 0 Å². The lowest BCUT2D eigenvalue weighted by Gasteiger charge is -2.34. The first-order valence-electron chi connectivity index (χ1n) is 6.51. The van der Waals surface area contributed by atoms with Crippen molar-refractivity contribution in [3.63, 3.8) is 0 Å². The van der Waals surface area contributed by atoms with Crippen LogP contribution in [0.4, 0.5) is 0 Å². The molecule has 0 unspecified atom stereocenters. The first-order valence-corrected chi connectivity index (χ1v) is 6.51. The number of aliphatic imine (C=N–C) groups is 1. The zero-order valence-corrected chi connectivity index (χ0v) is 11.1. The van der Waals surface area contributed by atoms with Crippen LogP contribution in [0.5, 0.6) is 0 Å². The van der Waals surface area contributed by atoms with E-state index in [1.807, 2.05) is 0 Å². The Morgan fingerprint density at radius 2 is 2.11 bits per heavy atom. The van der Waals surface area contributed by atoms with Crippen molar-refractivity contribution in [3.05, 3.63) is 0 Å². The van der Waals surface area contributed by atoms with Gasteiger partial charge in [0.1, 0.15) is 0 Å². The summed E-state index contributed by atoms with van der Waals surface area (Å²) in [6.45, 7) is 6.33. The quantitative estimate of drug-likeness (QED) is 0.604. The van der Waals surface area contributed by atoms with Gasteiger partial charge in [0.05, 0.1) is 13.2 Å². The fraction of sp³-hybridized carbons (Fsp3) is 0.750. The molecule has 0 aromatic heterocycles. The summed E-state index contributed by atoms with van der Waals surface area (Å²) in [5.41, 5.74) is 0. The van der Waals surface area contributed by atoms with E-state index in [4.69, 9.17) is 9.47 Å². The Balaban J connectivity index is 1.67. The molecular formula is C12H19N3O4. The summed E-state index contributed by atoms with van der Waals surface area (Å²) < 4.78 is 10.0. The van der Waals surface area contributed by atoms with Crippen LogP contribution in [-0.4, -0.2) is 80.1 Å². The maximum absolute atomic E-state index is 11.4. The Morgan fingerprint density at radius 3 is 2.68 bits per heavy atom. The minimum absolute atomic E-state index is 0.182. The molecule has 7 heteroatoms.